The van der Waals surface area contributed by atoms with Gasteiger partial charge >= 0.3 is 0 Å². The topological polar surface area (TPSA) is 38.0 Å². The molecule has 2 aromatic rings. The van der Waals surface area contributed by atoms with Crippen LogP contribution in [-0.2, 0) is 13.0 Å². The number of nitrogen functional groups attached to an aromatic ring is 1. The molecule has 0 atom stereocenters. The standard InChI is InChI=1S/C15H18N2/c1-2-12-7-9-13(10-8-12)11-17-15-6-4-3-5-14(15)16/h3-10,17H,2,11,16H2,1H3. The second-order valence-electron chi connectivity index (χ2n) is 4.11. The van der Waals surface area contributed by atoms with Crippen molar-refractivity contribution in [2.24, 2.45) is 0 Å². The first kappa shape index (κ1) is 11.5. The Kier molecular flexibility index (Phi) is 3.66. The van der Waals surface area contributed by atoms with Crippen LogP contribution in [0.25, 0.3) is 0 Å². The molecule has 2 heteroatoms. The molecule has 2 nitrogen and oxygen atoms in total. The van der Waals surface area contributed by atoms with Crippen LogP contribution in [-0.4, -0.2) is 0 Å². The van der Waals surface area contributed by atoms with Gasteiger partial charge in [-0.1, -0.05) is 43.3 Å². The molecule has 0 heterocycles. The van der Waals surface area contributed by atoms with E-state index >= 15 is 0 Å². The minimum atomic E-state index is 0.790. The summed E-state index contributed by atoms with van der Waals surface area (Å²) in [6.45, 7) is 2.97. The fraction of sp³-hybridized carbons (Fsp3) is 0.200. The molecule has 2 rings (SSSR count). The molecule has 88 valence electrons. The quantitative estimate of drug-likeness (QED) is 0.784. The molecule has 0 aliphatic heterocycles. The highest BCUT2D eigenvalue weighted by Gasteiger charge is 1.97. The number of rotatable bonds is 4. The zero-order valence-electron chi connectivity index (χ0n) is 10.1. The minimum Gasteiger partial charge on any atom is -0.397 e. The lowest BCUT2D eigenvalue weighted by atomic mass is 10.1. The van der Waals surface area contributed by atoms with Gasteiger partial charge in [-0.3, -0.25) is 0 Å². The van der Waals surface area contributed by atoms with Gasteiger partial charge in [-0.05, 0) is 29.7 Å². The summed E-state index contributed by atoms with van der Waals surface area (Å²) < 4.78 is 0. The van der Waals surface area contributed by atoms with Crippen molar-refractivity contribution in [2.45, 2.75) is 19.9 Å². The Labute approximate surface area is 102 Å². The van der Waals surface area contributed by atoms with E-state index in [0.717, 1.165) is 24.3 Å². The second-order valence-corrected chi connectivity index (χ2v) is 4.11. The number of para-hydroxylation sites is 2. The fourth-order valence-electron chi connectivity index (χ4n) is 1.75. The molecule has 0 spiro atoms. The maximum atomic E-state index is 5.87. The van der Waals surface area contributed by atoms with Crippen LogP contribution in [0.15, 0.2) is 48.5 Å². The van der Waals surface area contributed by atoms with Crippen LogP contribution in [0.2, 0.25) is 0 Å². The zero-order chi connectivity index (χ0) is 12.1. The van der Waals surface area contributed by atoms with E-state index in [1.54, 1.807) is 0 Å². The predicted molar refractivity (Wildman–Crippen MR) is 74.0 cm³/mol. The summed E-state index contributed by atoms with van der Waals surface area (Å²) in [5.74, 6) is 0. The second kappa shape index (κ2) is 5.39. The van der Waals surface area contributed by atoms with E-state index in [0.29, 0.717) is 0 Å². The number of anilines is 2. The largest absolute Gasteiger partial charge is 0.397 e. The normalized spacial score (nSPS) is 10.2. The highest BCUT2D eigenvalue weighted by Crippen LogP contribution is 2.17. The molecule has 0 unspecified atom stereocenters. The van der Waals surface area contributed by atoms with Gasteiger partial charge < -0.3 is 11.1 Å². The lowest BCUT2D eigenvalue weighted by molar-refractivity contribution is 1.11. The number of nitrogens with one attached hydrogen (secondary N) is 1. The number of hydrogen-bond acceptors (Lipinski definition) is 2. The van der Waals surface area contributed by atoms with E-state index in [1.165, 1.54) is 11.1 Å². The summed E-state index contributed by atoms with van der Waals surface area (Å²) in [6, 6.07) is 16.5. The lowest BCUT2D eigenvalue weighted by Crippen LogP contribution is -2.02. The summed E-state index contributed by atoms with van der Waals surface area (Å²) in [4.78, 5) is 0. The zero-order valence-corrected chi connectivity index (χ0v) is 10.1. The summed E-state index contributed by atoms with van der Waals surface area (Å²) in [5, 5.41) is 3.34. The molecule has 0 amide bonds. The Bertz CT molecular complexity index is 475. The third kappa shape index (κ3) is 3.00. The fourth-order valence-corrected chi connectivity index (χ4v) is 1.75. The molecular formula is C15H18N2. The molecule has 0 aliphatic rings. The number of hydrogen-bond donors (Lipinski definition) is 2. The van der Waals surface area contributed by atoms with Gasteiger partial charge in [0.15, 0.2) is 0 Å². The van der Waals surface area contributed by atoms with E-state index in [2.05, 4.69) is 36.5 Å². The van der Waals surface area contributed by atoms with E-state index in [9.17, 15) is 0 Å². The van der Waals surface area contributed by atoms with Gasteiger partial charge in [0.2, 0.25) is 0 Å². The van der Waals surface area contributed by atoms with Crippen LogP contribution in [0, 0.1) is 0 Å². The molecule has 0 aliphatic carbocycles. The van der Waals surface area contributed by atoms with E-state index in [4.69, 9.17) is 5.73 Å². The van der Waals surface area contributed by atoms with Gasteiger partial charge in [0, 0.05) is 6.54 Å². The Balaban J connectivity index is 2.00. The molecule has 0 bridgehead atoms. The van der Waals surface area contributed by atoms with Crippen LogP contribution < -0.4 is 11.1 Å². The molecule has 3 N–H and O–H groups in total. The molecule has 0 saturated heterocycles. The summed E-state index contributed by atoms with van der Waals surface area (Å²) in [5.41, 5.74) is 10.3. The van der Waals surface area contributed by atoms with Crippen molar-refractivity contribution in [1.82, 2.24) is 0 Å². The van der Waals surface area contributed by atoms with Gasteiger partial charge in [-0.15, -0.1) is 0 Å². The molecule has 0 saturated carbocycles. The van der Waals surface area contributed by atoms with Crippen molar-refractivity contribution < 1.29 is 0 Å². The average Bonchev–Trinajstić information content (AvgIpc) is 2.38. The molecular weight excluding hydrogens is 208 g/mol. The summed E-state index contributed by atoms with van der Waals surface area (Å²) in [7, 11) is 0. The van der Waals surface area contributed by atoms with Crippen molar-refractivity contribution in [3.63, 3.8) is 0 Å². The highest BCUT2D eigenvalue weighted by molar-refractivity contribution is 5.65. The van der Waals surface area contributed by atoms with Crippen LogP contribution in [0.1, 0.15) is 18.1 Å². The lowest BCUT2D eigenvalue weighted by Gasteiger charge is -2.09. The number of nitrogens with two attached hydrogens (primary N) is 1. The minimum absolute atomic E-state index is 0.790. The molecule has 0 aromatic heterocycles. The Morgan fingerprint density at radius 1 is 0.941 bits per heavy atom. The van der Waals surface area contributed by atoms with Gasteiger partial charge in [0.05, 0.1) is 11.4 Å². The predicted octanol–water partition coefficient (Wildman–Crippen LogP) is 3.44. The van der Waals surface area contributed by atoms with E-state index in [-0.39, 0.29) is 0 Å². The Hall–Kier alpha value is -1.96. The van der Waals surface area contributed by atoms with Crippen molar-refractivity contribution >= 4 is 11.4 Å². The van der Waals surface area contributed by atoms with Crippen LogP contribution >= 0.6 is 0 Å². The van der Waals surface area contributed by atoms with Crippen LogP contribution in [0.5, 0.6) is 0 Å². The maximum absolute atomic E-state index is 5.87. The molecule has 0 radical (unpaired) electrons. The van der Waals surface area contributed by atoms with Gasteiger partial charge in [0.25, 0.3) is 0 Å². The molecule has 0 fully saturated rings. The van der Waals surface area contributed by atoms with Crippen molar-refractivity contribution in [3.05, 3.63) is 59.7 Å². The third-order valence-electron chi connectivity index (χ3n) is 2.87. The average molecular weight is 226 g/mol. The summed E-state index contributed by atoms with van der Waals surface area (Å²) >= 11 is 0. The van der Waals surface area contributed by atoms with Crippen molar-refractivity contribution in [3.8, 4) is 0 Å². The van der Waals surface area contributed by atoms with Gasteiger partial charge in [0.1, 0.15) is 0 Å². The third-order valence-corrected chi connectivity index (χ3v) is 2.87. The summed E-state index contributed by atoms with van der Waals surface area (Å²) in [6.07, 6.45) is 1.08. The van der Waals surface area contributed by atoms with Gasteiger partial charge in [-0.2, -0.15) is 0 Å². The monoisotopic (exact) mass is 226 g/mol. The number of benzene rings is 2. The maximum Gasteiger partial charge on any atom is 0.0576 e. The molecule has 2 aromatic carbocycles. The first-order chi connectivity index (χ1) is 8.29. The number of aryl methyl sites for hydroxylation is 1. The van der Waals surface area contributed by atoms with E-state index in [1.807, 2.05) is 24.3 Å². The highest BCUT2D eigenvalue weighted by atomic mass is 14.9. The SMILES string of the molecule is CCc1ccc(CNc2ccccc2N)cc1. The van der Waals surface area contributed by atoms with Crippen LogP contribution in [0.3, 0.4) is 0 Å². The Morgan fingerprint density at radius 3 is 2.24 bits per heavy atom. The van der Waals surface area contributed by atoms with Crippen molar-refractivity contribution in [2.75, 3.05) is 11.1 Å². The smallest absolute Gasteiger partial charge is 0.0576 e. The first-order valence-corrected chi connectivity index (χ1v) is 5.96. The van der Waals surface area contributed by atoms with Crippen molar-refractivity contribution in [1.29, 1.82) is 0 Å². The first-order valence-electron chi connectivity index (χ1n) is 5.96. The van der Waals surface area contributed by atoms with E-state index < -0.39 is 0 Å². The van der Waals surface area contributed by atoms with Gasteiger partial charge in [-0.25, -0.2) is 0 Å². The Morgan fingerprint density at radius 2 is 1.59 bits per heavy atom. The molecule has 17 heavy (non-hydrogen) atoms. The van der Waals surface area contributed by atoms with Crippen LogP contribution in [0.4, 0.5) is 11.4 Å².